The average Bonchev–Trinajstić information content (AvgIpc) is 3.15. The third-order valence-electron chi connectivity index (χ3n) is 4.61. The second kappa shape index (κ2) is 8.92. The number of aromatic nitrogens is 2. The normalized spacial score (nSPS) is 16.2. The highest BCUT2D eigenvalue weighted by molar-refractivity contribution is 8.00. The van der Waals surface area contributed by atoms with Gasteiger partial charge in [0.2, 0.25) is 11.8 Å². The molecule has 1 unspecified atom stereocenters. The van der Waals surface area contributed by atoms with Gasteiger partial charge in [0.1, 0.15) is 5.75 Å². The van der Waals surface area contributed by atoms with Gasteiger partial charge in [0.25, 0.3) is 5.22 Å². The molecule has 0 radical (unpaired) electrons. The standard InChI is InChI=1S/C21H21N3O3S2/c1-14-11-12-24(17-5-3-4-6-18(17)29-14)19(25)13-28-21-23-22-20(27-21)15-7-9-16(26-2)10-8-15/h3-10,14H,11-13H2,1-2H3. The summed E-state index contributed by atoms with van der Waals surface area (Å²) in [5, 5.41) is 9.01. The van der Waals surface area contributed by atoms with Gasteiger partial charge in [-0.05, 0) is 42.8 Å². The maximum Gasteiger partial charge on any atom is 0.277 e. The zero-order chi connectivity index (χ0) is 20.2. The molecule has 0 bridgehead atoms. The Morgan fingerprint density at radius 1 is 1.24 bits per heavy atom. The van der Waals surface area contributed by atoms with Crippen LogP contribution in [0.3, 0.4) is 0 Å². The molecule has 8 heteroatoms. The molecule has 0 aliphatic carbocycles. The molecule has 0 fully saturated rings. The molecule has 29 heavy (non-hydrogen) atoms. The Balaban J connectivity index is 1.43. The van der Waals surface area contributed by atoms with E-state index in [1.54, 1.807) is 7.11 Å². The number of benzene rings is 2. The smallest absolute Gasteiger partial charge is 0.277 e. The Hall–Kier alpha value is -2.45. The Bertz CT molecular complexity index is 991. The van der Waals surface area contributed by atoms with Crippen molar-refractivity contribution in [2.24, 2.45) is 0 Å². The molecule has 2 heterocycles. The molecule has 1 aliphatic rings. The summed E-state index contributed by atoms with van der Waals surface area (Å²) in [6, 6.07) is 15.5. The van der Waals surface area contributed by atoms with Gasteiger partial charge in [0, 0.05) is 22.3 Å². The lowest BCUT2D eigenvalue weighted by atomic mass is 10.2. The fraction of sp³-hybridized carbons (Fsp3) is 0.286. The number of amides is 1. The van der Waals surface area contributed by atoms with Crippen LogP contribution >= 0.6 is 23.5 Å². The maximum atomic E-state index is 12.9. The molecular formula is C21H21N3O3S2. The van der Waals surface area contributed by atoms with Crippen LogP contribution in [0, 0.1) is 0 Å². The number of carbonyl (C=O) groups is 1. The lowest BCUT2D eigenvalue weighted by Crippen LogP contribution is -2.33. The number of hydrogen-bond donors (Lipinski definition) is 0. The molecule has 0 saturated carbocycles. The minimum Gasteiger partial charge on any atom is -0.497 e. The molecule has 6 nitrogen and oxygen atoms in total. The van der Waals surface area contributed by atoms with E-state index in [1.807, 2.05) is 59.1 Å². The molecule has 0 spiro atoms. The van der Waals surface area contributed by atoms with Crippen molar-refractivity contribution < 1.29 is 13.9 Å². The van der Waals surface area contributed by atoms with Crippen molar-refractivity contribution >= 4 is 35.1 Å². The zero-order valence-corrected chi connectivity index (χ0v) is 17.8. The van der Waals surface area contributed by atoms with Crippen molar-refractivity contribution in [1.29, 1.82) is 0 Å². The molecule has 1 atom stereocenters. The number of hydrogen-bond acceptors (Lipinski definition) is 7. The first-order valence-electron chi connectivity index (χ1n) is 9.31. The van der Waals surface area contributed by atoms with Crippen LogP contribution in [0.5, 0.6) is 5.75 Å². The molecule has 1 aromatic heterocycles. The van der Waals surface area contributed by atoms with E-state index < -0.39 is 0 Å². The van der Waals surface area contributed by atoms with Crippen molar-refractivity contribution in [1.82, 2.24) is 10.2 Å². The van der Waals surface area contributed by atoms with Crippen molar-refractivity contribution in [2.75, 3.05) is 24.3 Å². The monoisotopic (exact) mass is 427 g/mol. The SMILES string of the molecule is COc1ccc(-c2nnc(SCC(=O)N3CCC(C)Sc4ccccc43)o2)cc1. The first kappa shape index (κ1) is 19.8. The Kier molecular flexibility index (Phi) is 6.10. The summed E-state index contributed by atoms with van der Waals surface area (Å²) >= 11 is 3.09. The van der Waals surface area contributed by atoms with Gasteiger partial charge in [-0.25, -0.2) is 0 Å². The minimum atomic E-state index is 0.0429. The number of methoxy groups -OCH3 is 1. The summed E-state index contributed by atoms with van der Waals surface area (Å²) in [6.07, 6.45) is 0.956. The number of fused-ring (bicyclic) bond motifs is 1. The van der Waals surface area contributed by atoms with Crippen molar-refractivity contribution in [3.63, 3.8) is 0 Å². The van der Waals surface area contributed by atoms with Crippen LogP contribution in [0.2, 0.25) is 0 Å². The van der Waals surface area contributed by atoms with Crippen molar-refractivity contribution in [3.05, 3.63) is 48.5 Å². The average molecular weight is 428 g/mol. The fourth-order valence-corrected chi connectivity index (χ4v) is 4.82. The number of nitrogens with zero attached hydrogens (tertiary/aromatic N) is 3. The van der Waals surface area contributed by atoms with Crippen LogP contribution in [0.15, 0.2) is 63.1 Å². The van der Waals surface area contributed by atoms with Crippen LogP contribution in [-0.2, 0) is 4.79 Å². The van der Waals surface area contributed by atoms with E-state index in [4.69, 9.17) is 9.15 Å². The molecule has 0 N–H and O–H groups in total. The highest BCUT2D eigenvalue weighted by atomic mass is 32.2. The van der Waals surface area contributed by atoms with Crippen LogP contribution in [-0.4, -0.2) is 40.8 Å². The Morgan fingerprint density at radius 3 is 2.83 bits per heavy atom. The van der Waals surface area contributed by atoms with Gasteiger partial charge in [-0.15, -0.1) is 22.0 Å². The van der Waals surface area contributed by atoms with E-state index in [1.165, 1.54) is 11.8 Å². The molecule has 2 aromatic carbocycles. The lowest BCUT2D eigenvalue weighted by Gasteiger charge is -2.22. The highest BCUT2D eigenvalue weighted by Crippen LogP contribution is 2.37. The fourth-order valence-electron chi connectivity index (χ4n) is 3.07. The van der Waals surface area contributed by atoms with Crippen LogP contribution < -0.4 is 9.64 Å². The lowest BCUT2D eigenvalue weighted by molar-refractivity contribution is -0.116. The largest absolute Gasteiger partial charge is 0.497 e. The number of anilines is 1. The molecule has 3 aromatic rings. The van der Waals surface area contributed by atoms with E-state index >= 15 is 0 Å². The highest BCUT2D eigenvalue weighted by Gasteiger charge is 2.24. The summed E-state index contributed by atoms with van der Waals surface area (Å²) in [7, 11) is 1.62. The second-order valence-electron chi connectivity index (χ2n) is 6.62. The summed E-state index contributed by atoms with van der Waals surface area (Å²) in [6.45, 7) is 2.91. The molecule has 150 valence electrons. The predicted octanol–water partition coefficient (Wildman–Crippen LogP) is 4.75. The van der Waals surface area contributed by atoms with Crippen LogP contribution in [0.25, 0.3) is 11.5 Å². The molecule has 0 saturated heterocycles. The summed E-state index contributed by atoms with van der Waals surface area (Å²) < 4.78 is 10.9. The number of ether oxygens (including phenoxy) is 1. The summed E-state index contributed by atoms with van der Waals surface area (Å²) in [4.78, 5) is 16.0. The number of carbonyl (C=O) groups excluding carboxylic acids is 1. The number of thioether (sulfide) groups is 2. The topological polar surface area (TPSA) is 68.5 Å². The van der Waals surface area contributed by atoms with Gasteiger partial charge < -0.3 is 14.1 Å². The van der Waals surface area contributed by atoms with Gasteiger partial charge in [-0.1, -0.05) is 30.8 Å². The molecular weight excluding hydrogens is 406 g/mol. The van der Waals surface area contributed by atoms with E-state index in [9.17, 15) is 4.79 Å². The Labute approximate surface area is 178 Å². The van der Waals surface area contributed by atoms with Gasteiger partial charge in [-0.3, -0.25) is 4.79 Å². The van der Waals surface area contributed by atoms with Gasteiger partial charge >= 0.3 is 0 Å². The van der Waals surface area contributed by atoms with Gasteiger partial charge in [0.05, 0.1) is 18.6 Å². The van der Waals surface area contributed by atoms with E-state index in [2.05, 4.69) is 23.2 Å². The van der Waals surface area contributed by atoms with Crippen molar-refractivity contribution in [3.8, 4) is 17.2 Å². The Morgan fingerprint density at radius 2 is 2.03 bits per heavy atom. The van der Waals surface area contributed by atoms with Crippen LogP contribution in [0.1, 0.15) is 13.3 Å². The van der Waals surface area contributed by atoms with Crippen LogP contribution in [0.4, 0.5) is 5.69 Å². The minimum absolute atomic E-state index is 0.0429. The van der Waals surface area contributed by atoms with Gasteiger partial charge in [0.15, 0.2) is 0 Å². The molecule has 4 rings (SSSR count). The third-order valence-corrected chi connectivity index (χ3v) is 6.65. The first-order valence-corrected chi connectivity index (χ1v) is 11.2. The quantitative estimate of drug-likeness (QED) is 0.544. The zero-order valence-electron chi connectivity index (χ0n) is 16.2. The predicted molar refractivity (Wildman–Crippen MR) is 116 cm³/mol. The number of rotatable bonds is 5. The first-order chi connectivity index (χ1) is 14.1. The van der Waals surface area contributed by atoms with E-state index in [0.717, 1.165) is 28.3 Å². The molecule has 1 amide bonds. The number of para-hydroxylation sites is 1. The van der Waals surface area contributed by atoms with Gasteiger partial charge in [-0.2, -0.15) is 0 Å². The second-order valence-corrected chi connectivity index (χ2v) is 9.03. The van der Waals surface area contributed by atoms with Crippen molar-refractivity contribution in [2.45, 2.75) is 28.7 Å². The van der Waals surface area contributed by atoms with E-state index in [0.29, 0.717) is 22.9 Å². The van der Waals surface area contributed by atoms with E-state index in [-0.39, 0.29) is 11.7 Å². The maximum absolute atomic E-state index is 12.9. The third kappa shape index (κ3) is 4.59. The molecule has 1 aliphatic heterocycles. The summed E-state index contributed by atoms with van der Waals surface area (Å²) in [5.41, 5.74) is 1.79. The summed E-state index contributed by atoms with van der Waals surface area (Å²) in [5.74, 6) is 1.48.